The third-order valence-corrected chi connectivity index (χ3v) is 8.81. The second-order valence-electron chi connectivity index (χ2n) is 9.10. The Morgan fingerprint density at radius 2 is 1.85 bits per heavy atom. The van der Waals surface area contributed by atoms with E-state index in [9.17, 15) is 9.59 Å². The fourth-order valence-electron chi connectivity index (χ4n) is 5.06. The normalized spacial score (nSPS) is 15.3. The van der Waals surface area contributed by atoms with Crippen LogP contribution in [0.1, 0.15) is 37.9 Å². The highest BCUT2D eigenvalue weighted by molar-refractivity contribution is 7.07. The Hall–Kier alpha value is -3.39. The van der Waals surface area contributed by atoms with Crippen molar-refractivity contribution in [2.24, 2.45) is 4.99 Å². The Morgan fingerprint density at radius 3 is 2.56 bits per heavy atom. The van der Waals surface area contributed by atoms with Gasteiger partial charge in [0.2, 0.25) is 0 Å². The highest BCUT2D eigenvalue weighted by Gasteiger charge is 2.36. The highest BCUT2D eigenvalue weighted by atomic mass is 35.5. The van der Waals surface area contributed by atoms with E-state index in [4.69, 9.17) is 32.9 Å². The number of aromatic nitrogens is 1. The number of allylic oxidation sites excluding steroid dienone is 1. The van der Waals surface area contributed by atoms with E-state index >= 15 is 0 Å². The Kier molecular flexibility index (Phi) is 7.67. The van der Waals surface area contributed by atoms with Crippen molar-refractivity contribution in [3.63, 3.8) is 0 Å². The number of hydrogen-bond donors (Lipinski definition) is 0. The molecule has 0 N–H and O–H groups in total. The molecule has 1 aromatic heterocycles. The monoisotopic (exact) mass is 579 g/mol. The number of carbonyl (C=O) groups excluding carboxylic acids is 1. The van der Waals surface area contributed by atoms with Gasteiger partial charge in [0.15, 0.2) is 4.80 Å². The van der Waals surface area contributed by atoms with Crippen LogP contribution in [0.3, 0.4) is 0 Å². The molecule has 0 bridgehead atoms. The molecule has 0 spiro atoms. The Morgan fingerprint density at radius 1 is 1.10 bits per heavy atom. The average Bonchev–Trinajstić information content (AvgIpc) is 3.24. The summed E-state index contributed by atoms with van der Waals surface area (Å²) >= 11 is 13.9. The first kappa shape index (κ1) is 27.2. The molecule has 9 heteroatoms. The van der Waals surface area contributed by atoms with Crippen LogP contribution in [0.4, 0.5) is 0 Å². The molecule has 6 nitrogen and oxygen atoms in total. The van der Waals surface area contributed by atoms with Crippen LogP contribution in [0, 0.1) is 0 Å². The molecule has 200 valence electrons. The van der Waals surface area contributed by atoms with E-state index in [1.54, 1.807) is 40.9 Å². The van der Waals surface area contributed by atoms with E-state index in [2.05, 4.69) is 0 Å². The molecule has 0 unspecified atom stereocenters. The van der Waals surface area contributed by atoms with E-state index < -0.39 is 6.04 Å². The van der Waals surface area contributed by atoms with E-state index in [-0.39, 0.29) is 11.5 Å². The molecule has 5 rings (SSSR count). The van der Waals surface area contributed by atoms with Crippen LogP contribution >= 0.6 is 34.5 Å². The number of methoxy groups -OCH3 is 1. The van der Waals surface area contributed by atoms with E-state index in [0.29, 0.717) is 55.1 Å². The zero-order valence-electron chi connectivity index (χ0n) is 22.0. The van der Waals surface area contributed by atoms with Gasteiger partial charge in [-0.2, -0.15) is 0 Å². The van der Waals surface area contributed by atoms with Crippen molar-refractivity contribution in [2.45, 2.75) is 26.8 Å². The number of benzene rings is 3. The lowest BCUT2D eigenvalue weighted by atomic mass is 9.90. The predicted molar refractivity (Wildman–Crippen MR) is 159 cm³/mol. The average molecular weight is 581 g/mol. The van der Waals surface area contributed by atoms with Crippen molar-refractivity contribution < 1.29 is 9.53 Å². The number of carbonyl (C=O) groups is 1. The van der Waals surface area contributed by atoms with Crippen molar-refractivity contribution >= 4 is 57.3 Å². The van der Waals surface area contributed by atoms with Crippen LogP contribution < -0.4 is 19.6 Å². The van der Waals surface area contributed by atoms with Crippen molar-refractivity contribution in [1.82, 2.24) is 9.47 Å². The lowest BCUT2D eigenvalue weighted by Gasteiger charge is -2.30. The maximum Gasteiger partial charge on any atom is 0.271 e. The second kappa shape index (κ2) is 11.0. The van der Waals surface area contributed by atoms with Crippen LogP contribution in [0.25, 0.3) is 16.8 Å². The number of amides is 1. The predicted octanol–water partition coefficient (Wildman–Crippen LogP) is 5.57. The van der Waals surface area contributed by atoms with Gasteiger partial charge in [-0.25, -0.2) is 4.99 Å². The zero-order valence-corrected chi connectivity index (χ0v) is 24.3. The summed E-state index contributed by atoms with van der Waals surface area (Å²) in [7, 11) is 1.60. The summed E-state index contributed by atoms with van der Waals surface area (Å²) in [6.07, 6.45) is 1.72. The Balaban J connectivity index is 1.87. The summed E-state index contributed by atoms with van der Waals surface area (Å²) in [4.78, 5) is 35.2. The number of thiazole rings is 1. The Labute approximate surface area is 240 Å². The molecular weight excluding hydrogens is 553 g/mol. The van der Waals surface area contributed by atoms with Crippen molar-refractivity contribution in [3.05, 3.63) is 107 Å². The number of halogens is 2. The molecule has 1 aliphatic rings. The Bertz CT molecular complexity index is 1820. The van der Waals surface area contributed by atoms with Gasteiger partial charge in [-0.3, -0.25) is 14.2 Å². The summed E-state index contributed by atoms with van der Waals surface area (Å²) in [6.45, 7) is 6.77. The maximum atomic E-state index is 14.1. The second-order valence-corrected chi connectivity index (χ2v) is 10.9. The SMILES string of the molecule is CCN(CC)C(=O)C1=C(C)N=c2s/c(=C/c3cccc(Cl)c3Cl)c(=O)n2[C@H]1c1c(OC)ccc2ccccc12. The molecule has 4 aromatic rings. The molecule has 0 radical (unpaired) electrons. The highest BCUT2D eigenvalue weighted by Crippen LogP contribution is 2.40. The topological polar surface area (TPSA) is 63.9 Å². The zero-order chi connectivity index (χ0) is 27.8. The summed E-state index contributed by atoms with van der Waals surface area (Å²) in [6, 6.07) is 16.3. The number of likely N-dealkylation sites (N-methyl/N-ethyl adjacent to an activating group) is 1. The summed E-state index contributed by atoms with van der Waals surface area (Å²) in [5.74, 6) is 0.430. The summed E-state index contributed by atoms with van der Waals surface area (Å²) < 4.78 is 7.89. The van der Waals surface area contributed by atoms with E-state index in [1.807, 2.05) is 57.2 Å². The molecule has 39 heavy (non-hydrogen) atoms. The van der Waals surface area contributed by atoms with Crippen molar-refractivity contribution in [1.29, 1.82) is 0 Å². The largest absolute Gasteiger partial charge is 0.496 e. The molecular formula is C30H27Cl2N3O3S. The van der Waals surface area contributed by atoms with Gasteiger partial charge in [-0.05, 0) is 55.3 Å². The lowest BCUT2D eigenvalue weighted by molar-refractivity contribution is -0.127. The lowest BCUT2D eigenvalue weighted by Crippen LogP contribution is -2.43. The molecule has 1 aliphatic heterocycles. The summed E-state index contributed by atoms with van der Waals surface area (Å²) in [5, 5.41) is 2.64. The fraction of sp³-hybridized carbons (Fsp3) is 0.233. The molecule has 0 saturated carbocycles. The van der Waals surface area contributed by atoms with Crippen LogP contribution in [-0.4, -0.2) is 35.6 Å². The number of fused-ring (bicyclic) bond motifs is 2. The van der Waals surface area contributed by atoms with Crippen LogP contribution in [0.5, 0.6) is 5.75 Å². The van der Waals surface area contributed by atoms with Gasteiger partial charge in [0, 0.05) is 18.7 Å². The van der Waals surface area contributed by atoms with E-state index in [0.717, 1.165) is 16.3 Å². The van der Waals surface area contributed by atoms with Crippen LogP contribution in [-0.2, 0) is 4.79 Å². The van der Waals surface area contributed by atoms with Gasteiger partial charge in [0.1, 0.15) is 11.8 Å². The van der Waals surface area contributed by atoms with Crippen LogP contribution in [0.2, 0.25) is 10.0 Å². The molecule has 1 amide bonds. The smallest absolute Gasteiger partial charge is 0.271 e. The first-order chi connectivity index (χ1) is 18.8. The van der Waals surface area contributed by atoms with Crippen molar-refractivity contribution in [2.75, 3.05) is 20.2 Å². The third-order valence-electron chi connectivity index (χ3n) is 6.99. The number of rotatable bonds is 6. The van der Waals surface area contributed by atoms with Gasteiger partial charge in [0.25, 0.3) is 11.5 Å². The van der Waals surface area contributed by atoms with Gasteiger partial charge in [0.05, 0.1) is 33.0 Å². The molecule has 2 heterocycles. The molecule has 3 aromatic carbocycles. The maximum absolute atomic E-state index is 14.1. The standard InChI is InChI=1S/C30H27Cl2N3O3S/c1-5-34(6-2)29(37)24-17(3)33-30-35(28(36)23(39-30)16-19-11-9-13-21(31)26(19)32)27(24)25-20-12-8-7-10-18(20)14-15-22(25)38-4/h7-16,27H,5-6H2,1-4H3/b23-16+/t27-/m1/s1. The number of ether oxygens (including phenoxy) is 1. The van der Waals surface area contributed by atoms with Crippen molar-refractivity contribution in [3.8, 4) is 5.75 Å². The molecule has 0 aliphatic carbocycles. The molecule has 0 fully saturated rings. The fourth-order valence-corrected chi connectivity index (χ4v) is 6.46. The van der Waals surface area contributed by atoms with Gasteiger partial charge in [-0.15, -0.1) is 0 Å². The number of nitrogens with zero attached hydrogens (tertiary/aromatic N) is 3. The number of hydrogen-bond acceptors (Lipinski definition) is 5. The van der Waals surface area contributed by atoms with Gasteiger partial charge in [-0.1, -0.05) is 77.0 Å². The first-order valence-electron chi connectivity index (χ1n) is 12.6. The third kappa shape index (κ3) is 4.69. The molecule has 0 saturated heterocycles. The first-order valence-corrected chi connectivity index (χ1v) is 14.2. The van der Waals surface area contributed by atoms with Crippen LogP contribution in [0.15, 0.2) is 75.7 Å². The minimum absolute atomic E-state index is 0.159. The van der Waals surface area contributed by atoms with Gasteiger partial charge < -0.3 is 9.64 Å². The molecule has 1 atom stereocenters. The minimum atomic E-state index is -0.743. The van der Waals surface area contributed by atoms with E-state index in [1.165, 1.54) is 11.3 Å². The minimum Gasteiger partial charge on any atom is -0.496 e. The summed E-state index contributed by atoms with van der Waals surface area (Å²) in [5.41, 5.74) is 2.12. The van der Waals surface area contributed by atoms with Gasteiger partial charge >= 0.3 is 0 Å². The quantitative estimate of drug-likeness (QED) is 0.300.